The predicted molar refractivity (Wildman–Crippen MR) is 51.9 cm³/mol. The molecule has 0 saturated carbocycles. The summed E-state index contributed by atoms with van der Waals surface area (Å²) in [5.74, 6) is 2.00. The van der Waals surface area contributed by atoms with Crippen molar-refractivity contribution in [3.8, 4) is 0 Å². The Hall–Kier alpha value is -0.940. The summed E-state index contributed by atoms with van der Waals surface area (Å²) in [4.78, 5) is 4.36. The Labute approximate surface area is 83.1 Å². The van der Waals surface area contributed by atoms with E-state index in [1.807, 2.05) is 0 Å². The molecule has 0 radical (unpaired) electrons. The van der Waals surface area contributed by atoms with Crippen molar-refractivity contribution in [1.29, 1.82) is 0 Å². The van der Waals surface area contributed by atoms with Gasteiger partial charge in [-0.05, 0) is 25.9 Å². The molecule has 1 unspecified atom stereocenters. The molecule has 1 aromatic heterocycles. The van der Waals surface area contributed by atoms with E-state index in [4.69, 9.17) is 10.3 Å². The van der Waals surface area contributed by atoms with Gasteiger partial charge in [0.05, 0.1) is 0 Å². The molecule has 1 saturated heterocycles. The van der Waals surface area contributed by atoms with Gasteiger partial charge in [0.2, 0.25) is 5.89 Å². The highest BCUT2D eigenvalue weighted by Gasteiger charge is 2.21. The monoisotopic (exact) mass is 196 g/mol. The second-order valence-electron chi connectivity index (χ2n) is 3.63. The fourth-order valence-corrected chi connectivity index (χ4v) is 1.66. The smallest absolute Gasteiger partial charge is 0.226 e. The molecule has 78 valence electrons. The number of hydrogen-bond donors (Lipinski definition) is 2. The molecule has 0 aliphatic carbocycles. The zero-order valence-electron chi connectivity index (χ0n) is 8.20. The Morgan fingerprint density at radius 2 is 2.50 bits per heavy atom. The van der Waals surface area contributed by atoms with E-state index in [2.05, 4.69) is 15.5 Å². The minimum Gasteiger partial charge on any atom is -0.339 e. The van der Waals surface area contributed by atoms with Crippen LogP contribution >= 0.6 is 0 Å². The van der Waals surface area contributed by atoms with Crippen LogP contribution in [-0.2, 0) is 6.42 Å². The fourth-order valence-electron chi connectivity index (χ4n) is 1.66. The van der Waals surface area contributed by atoms with Gasteiger partial charge in [-0.1, -0.05) is 5.16 Å². The van der Waals surface area contributed by atoms with Gasteiger partial charge in [-0.15, -0.1) is 0 Å². The predicted octanol–water partition coefficient (Wildman–Crippen LogP) is 0.0378. The number of hydrogen-bond acceptors (Lipinski definition) is 5. The first-order chi connectivity index (χ1) is 6.90. The van der Waals surface area contributed by atoms with Crippen molar-refractivity contribution in [3.63, 3.8) is 0 Å². The van der Waals surface area contributed by atoms with Crippen molar-refractivity contribution in [2.45, 2.75) is 25.2 Å². The van der Waals surface area contributed by atoms with Crippen LogP contribution in [0.1, 0.15) is 30.5 Å². The normalized spacial score (nSPS) is 21.6. The lowest BCUT2D eigenvalue weighted by Crippen LogP contribution is -2.08. The summed E-state index contributed by atoms with van der Waals surface area (Å²) in [6, 6.07) is 0. The summed E-state index contributed by atoms with van der Waals surface area (Å²) in [7, 11) is 0. The van der Waals surface area contributed by atoms with E-state index in [-0.39, 0.29) is 0 Å². The Morgan fingerprint density at radius 1 is 1.57 bits per heavy atom. The van der Waals surface area contributed by atoms with Crippen molar-refractivity contribution < 1.29 is 4.52 Å². The van der Waals surface area contributed by atoms with E-state index in [1.165, 1.54) is 0 Å². The maximum absolute atomic E-state index is 5.41. The first-order valence-electron chi connectivity index (χ1n) is 5.13. The van der Waals surface area contributed by atoms with E-state index in [0.29, 0.717) is 12.5 Å². The van der Waals surface area contributed by atoms with Crippen molar-refractivity contribution in [1.82, 2.24) is 15.5 Å². The van der Waals surface area contributed by atoms with Gasteiger partial charge in [0, 0.05) is 18.9 Å². The summed E-state index contributed by atoms with van der Waals surface area (Å²) in [6.45, 7) is 2.69. The van der Waals surface area contributed by atoms with Crippen LogP contribution in [0, 0.1) is 0 Å². The molecule has 3 N–H and O–H groups in total. The van der Waals surface area contributed by atoms with Crippen LogP contribution in [0.3, 0.4) is 0 Å². The van der Waals surface area contributed by atoms with Crippen molar-refractivity contribution in [3.05, 3.63) is 11.7 Å². The molecule has 0 spiro atoms. The first-order valence-corrected chi connectivity index (χ1v) is 5.13. The maximum Gasteiger partial charge on any atom is 0.226 e. The van der Waals surface area contributed by atoms with E-state index in [1.54, 1.807) is 0 Å². The minimum atomic E-state index is 0.436. The zero-order valence-corrected chi connectivity index (χ0v) is 8.20. The molecule has 1 aliphatic rings. The standard InChI is InChI=1S/C9H16N4O/c10-4-1-2-8-12-9(13-14-8)7-3-5-11-6-7/h7,11H,1-6,10H2. The SMILES string of the molecule is NCCCc1nc(C2CCNC2)no1. The highest BCUT2D eigenvalue weighted by Crippen LogP contribution is 2.19. The molecule has 5 nitrogen and oxygen atoms in total. The third-order valence-corrected chi connectivity index (χ3v) is 2.50. The molecule has 1 fully saturated rings. The van der Waals surface area contributed by atoms with Crippen LogP contribution in [0.25, 0.3) is 0 Å². The van der Waals surface area contributed by atoms with Gasteiger partial charge < -0.3 is 15.6 Å². The number of nitrogens with one attached hydrogen (secondary N) is 1. The van der Waals surface area contributed by atoms with Gasteiger partial charge in [0.1, 0.15) is 0 Å². The number of nitrogens with two attached hydrogens (primary N) is 1. The molecule has 2 heterocycles. The summed E-state index contributed by atoms with van der Waals surface area (Å²) >= 11 is 0. The molecule has 0 amide bonds. The molecular weight excluding hydrogens is 180 g/mol. The summed E-state index contributed by atoms with van der Waals surface area (Å²) in [5.41, 5.74) is 5.41. The lowest BCUT2D eigenvalue weighted by Gasteiger charge is -1.98. The van der Waals surface area contributed by atoms with Crippen LogP contribution in [-0.4, -0.2) is 29.8 Å². The van der Waals surface area contributed by atoms with E-state index in [9.17, 15) is 0 Å². The quantitative estimate of drug-likeness (QED) is 0.711. The van der Waals surface area contributed by atoms with Gasteiger partial charge in [-0.2, -0.15) is 4.98 Å². The number of rotatable bonds is 4. The minimum absolute atomic E-state index is 0.436. The molecule has 1 aliphatic heterocycles. The van der Waals surface area contributed by atoms with E-state index in [0.717, 1.165) is 44.1 Å². The number of aryl methyl sites for hydroxylation is 1. The Kier molecular flexibility index (Phi) is 3.10. The van der Waals surface area contributed by atoms with Gasteiger partial charge >= 0.3 is 0 Å². The lowest BCUT2D eigenvalue weighted by molar-refractivity contribution is 0.368. The molecule has 0 aromatic carbocycles. The molecule has 0 bridgehead atoms. The topological polar surface area (TPSA) is 77.0 Å². The third-order valence-electron chi connectivity index (χ3n) is 2.50. The second kappa shape index (κ2) is 4.52. The van der Waals surface area contributed by atoms with E-state index < -0.39 is 0 Å². The maximum atomic E-state index is 5.41. The molecular formula is C9H16N4O. The van der Waals surface area contributed by atoms with Gasteiger partial charge in [-0.3, -0.25) is 0 Å². The van der Waals surface area contributed by atoms with Gasteiger partial charge in [0.15, 0.2) is 5.82 Å². The molecule has 5 heteroatoms. The Balaban J connectivity index is 1.94. The fraction of sp³-hybridized carbons (Fsp3) is 0.778. The number of nitrogens with zero attached hydrogens (tertiary/aromatic N) is 2. The largest absolute Gasteiger partial charge is 0.339 e. The molecule has 2 rings (SSSR count). The zero-order chi connectivity index (χ0) is 9.80. The second-order valence-corrected chi connectivity index (χ2v) is 3.63. The van der Waals surface area contributed by atoms with Crippen LogP contribution in [0.15, 0.2) is 4.52 Å². The molecule has 1 aromatic rings. The van der Waals surface area contributed by atoms with Crippen molar-refractivity contribution in [2.24, 2.45) is 5.73 Å². The highest BCUT2D eigenvalue weighted by molar-refractivity contribution is 4.99. The Bertz CT molecular complexity index is 280. The van der Waals surface area contributed by atoms with Crippen molar-refractivity contribution in [2.75, 3.05) is 19.6 Å². The van der Waals surface area contributed by atoms with Crippen LogP contribution in [0.2, 0.25) is 0 Å². The highest BCUT2D eigenvalue weighted by atomic mass is 16.5. The van der Waals surface area contributed by atoms with E-state index >= 15 is 0 Å². The van der Waals surface area contributed by atoms with Crippen molar-refractivity contribution >= 4 is 0 Å². The first kappa shape index (κ1) is 9.61. The van der Waals surface area contributed by atoms with Crippen LogP contribution < -0.4 is 11.1 Å². The third kappa shape index (κ3) is 2.10. The van der Waals surface area contributed by atoms with Crippen LogP contribution in [0.5, 0.6) is 0 Å². The Morgan fingerprint density at radius 3 is 3.21 bits per heavy atom. The van der Waals surface area contributed by atoms with Crippen LogP contribution in [0.4, 0.5) is 0 Å². The average Bonchev–Trinajstić information content (AvgIpc) is 2.85. The molecule has 1 atom stereocenters. The van der Waals surface area contributed by atoms with Gasteiger partial charge in [-0.25, -0.2) is 0 Å². The summed E-state index contributed by atoms with van der Waals surface area (Å²) in [6.07, 6.45) is 2.81. The summed E-state index contributed by atoms with van der Waals surface area (Å²) < 4.78 is 5.13. The van der Waals surface area contributed by atoms with Gasteiger partial charge in [0.25, 0.3) is 0 Å². The summed E-state index contributed by atoms with van der Waals surface area (Å²) in [5, 5.41) is 7.27. The molecule has 14 heavy (non-hydrogen) atoms. The lowest BCUT2D eigenvalue weighted by atomic mass is 10.1. The number of aromatic nitrogens is 2. The average molecular weight is 196 g/mol.